The van der Waals surface area contributed by atoms with Crippen LogP contribution in [0.3, 0.4) is 0 Å². The molecule has 1 aliphatic heterocycles. The first-order chi connectivity index (χ1) is 15.0. The van der Waals surface area contributed by atoms with Gasteiger partial charge in [-0.3, -0.25) is 14.6 Å². The molecule has 1 aromatic heterocycles. The summed E-state index contributed by atoms with van der Waals surface area (Å²) >= 11 is 0. The Balaban J connectivity index is 1.77. The summed E-state index contributed by atoms with van der Waals surface area (Å²) in [7, 11) is 0. The van der Waals surface area contributed by atoms with Gasteiger partial charge < -0.3 is 15.4 Å². The Morgan fingerprint density at radius 2 is 1.87 bits per heavy atom. The first-order valence-corrected chi connectivity index (χ1v) is 10.4. The first kappa shape index (κ1) is 20.8. The average Bonchev–Trinajstić information content (AvgIpc) is 2.78. The second-order valence-electron chi connectivity index (χ2n) is 7.63. The number of fused-ring (bicyclic) bond motifs is 1. The summed E-state index contributed by atoms with van der Waals surface area (Å²) in [5, 5.41) is 0.578. The van der Waals surface area contributed by atoms with Gasteiger partial charge in [-0.05, 0) is 62.2 Å². The van der Waals surface area contributed by atoms with Crippen LogP contribution < -0.4 is 15.4 Å². The van der Waals surface area contributed by atoms with E-state index < -0.39 is 5.82 Å². The highest BCUT2D eigenvalue weighted by atomic mass is 19.1. The lowest BCUT2D eigenvalue weighted by molar-refractivity contribution is -0.122. The summed E-state index contributed by atoms with van der Waals surface area (Å²) < 4.78 is 19.6. The standard InChI is InChI=1S/C24H24FN3O3/c1-2-31-18-6-3-15(4-7-18)23(29)20-14-27-21-8-5-17(25)13-19(21)22(20)28-11-9-16(10-12-28)24(26)30/h3-8,13-14,16H,2,9-12H2,1H3,(H2,26,30). The van der Waals surface area contributed by atoms with Crippen LogP contribution in [0.15, 0.2) is 48.7 Å². The van der Waals surface area contributed by atoms with E-state index in [0.717, 1.165) is 0 Å². The molecule has 6 nitrogen and oxygen atoms in total. The molecule has 0 unspecified atom stereocenters. The SMILES string of the molecule is CCOc1ccc(C(=O)c2cnc3ccc(F)cc3c2N2CCC(C(N)=O)CC2)cc1. The lowest BCUT2D eigenvalue weighted by Crippen LogP contribution is -2.39. The lowest BCUT2D eigenvalue weighted by Gasteiger charge is -2.34. The van der Waals surface area contributed by atoms with Gasteiger partial charge >= 0.3 is 0 Å². The highest BCUT2D eigenvalue weighted by molar-refractivity contribution is 6.16. The maximum atomic E-state index is 14.1. The Labute approximate surface area is 179 Å². The minimum atomic E-state index is -0.395. The molecule has 4 rings (SSSR count). The number of hydrogen-bond donors (Lipinski definition) is 1. The van der Waals surface area contributed by atoms with Crippen LogP contribution in [0, 0.1) is 11.7 Å². The number of pyridine rings is 1. The molecule has 0 atom stereocenters. The number of hydrogen-bond acceptors (Lipinski definition) is 5. The number of carbonyl (C=O) groups is 2. The highest BCUT2D eigenvalue weighted by Crippen LogP contribution is 2.34. The zero-order chi connectivity index (χ0) is 22.0. The van der Waals surface area contributed by atoms with Crippen molar-refractivity contribution in [3.8, 4) is 5.75 Å². The normalized spacial score (nSPS) is 14.6. The van der Waals surface area contributed by atoms with Gasteiger partial charge in [0.25, 0.3) is 0 Å². The van der Waals surface area contributed by atoms with Crippen molar-refractivity contribution in [3.05, 3.63) is 65.6 Å². The van der Waals surface area contributed by atoms with Crippen LogP contribution in [0.5, 0.6) is 5.75 Å². The fourth-order valence-corrected chi connectivity index (χ4v) is 4.07. The third-order valence-electron chi connectivity index (χ3n) is 5.69. The molecule has 1 amide bonds. The van der Waals surface area contributed by atoms with E-state index >= 15 is 0 Å². The first-order valence-electron chi connectivity index (χ1n) is 10.4. The molecule has 2 heterocycles. The maximum Gasteiger partial charge on any atom is 0.220 e. The highest BCUT2D eigenvalue weighted by Gasteiger charge is 2.28. The molecule has 160 valence electrons. The van der Waals surface area contributed by atoms with E-state index in [1.54, 1.807) is 36.5 Å². The number of halogens is 1. The summed E-state index contributed by atoms with van der Waals surface area (Å²) in [5.41, 5.74) is 7.62. The summed E-state index contributed by atoms with van der Waals surface area (Å²) in [6.07, 6.45) is 2.73. The van der Waals surface area contributed by atoms with E-state index in [1.165, 1.54) is 12.1 Å². The predicted octanol–water partition coefficient (Wildman–Crippen LogP) is 3.71. The molecule has 0 bridgehead atoms. The molecular formula is C24H24FN3O3. The molecule has 0 saturated carbocycles. The van der Waals surface area contributed by atoms with E-state index in [-0.39, 0.29) is 17.6 Å². The second-order valence-corrected chi connectivity index (χ2v) is 7.63. The number of carbonyl (C=O) groups excluding carboxylic acids is 2. The summed E-state index contributed by atoms with van der Waals surface area (Å²) in [4.78, 5) is 31.4. The third-order valence-corrected chi connectivity index (χ3v) is 5.69. The van der Waals surface area contributed by atoms with Crippen LogP contribution in [-0.4, -0.2) is 36.4 Å². The van der Waals surface area contributed by atoms with Gasteiger partial charge in [0.05, 0.1) is 23.4 Å². The maximum absolute atomic E-state index is 14.1. The number of primary amides is 1. The monoisotopic (exact) mass is 421 g/mol. The van der Waals surface area contributed by atoms with Gasteiger partial charge in [-0.25, -0.2) is 4.39 Å². The average molecular weight is 421 g/mol. The Morgan fingerprint density at radius 3 is 2.52 bits per heavy atom. The zero-order valence-electron chi connectivity index (χ0n) is 17.3. The molecular weight excluding hydrogens is 397 g/mol. The second kappa shape index (κ2) is 8.71. The predicted molar refractivity (Wildman–Crippen MR) is 117 cm³/mol. The van der Waals surface area contributed by atoms with Gasteiger partial charge in [0, 0.05) is 36.2 Å². The Kier molecular flexibility index (Phi) is 5.84. The summed E-state index contributed by atoms with van der Waals surface area (Å²) in [5.74, 6) is -0.407. The van der Waals surface area contributed by atoms with Gasteiger partial charge in [0.15, 0.2) is 5.78 Å². The number of piperidine rings is 1. The minimum Gasteiger partial charge on any atom is -0.494 e. The number of aromatic nitrogens is 1. The number of rotatable bonds is 6. The van der Waals surface area contributed by atoms with Crippen LogP contribution in [0.1, 0.15) is 35.7 Å². The van der Waals surface area contributed by atoms with Crippen molar-refractivity contribution in [1.29, 1.82) is 0 Å². The van der Waals surface area contributed by atoms with E-state index in [2.05, 4.69) is 4.98 Å². The van der Waals surface area contributed by atoms with E-state index in [4.69, 9.17) is 10.5 Å². The van der Waals surface area contributed by atoms with Gasteiger partial charge in [-0.1, -0.05) is 0 Å². The van der Waals surface area contributed by atoms with E-state index in [0.29, 0.717) is 66.0 Å². The summed E-state index contributed by atoms with van der Waals surface area (Å²) in [6.45, 7) is 3.53. The molecule has 1 aliphatic rings. The summed E-state index contributed by atoms with van der Waals surface area (Å²) in [6, 6.07) is 11.3. The molecule has 2 N–H and O–H groups in total. The van der Waals surface area contributed by atoms with Crippen LogP contribution in [0.2, 0.25) is 0 Å². The van der Waals surface area contributed by atoms with Gasteiger partial charge in [0.1, 0.15) is 11.6 Å². The lowest BCUT2D eigenvalue weighted by atomic mass is 9.93. The quantitative estimate of drug-likeness (QED) is 0.614. The number of nitrogens with zero attached hydrogens (tertiary/aromatic N) is 2. The fourth-order valence-electron chi connectivity index (χ4n) is 4.07. The van der Waals surface area contributed by atoms with Crippen molar-refractivity contribution in [3.63, 3.8) is 0 Å². The molecule has 2 aromatic carbocycles. The number of amides is 1. The Bertz CT molecular complexity index is 1120. The van der Waals surface area contributed by atoms with Crippen LogP contribution in [0.4, 0.5) is 10.1 Å². The van der Waals surface area contributed by atoms with Crippen molar-refractivity contribution in [2.75, 3.05) is 24.6 Å². The van der Waals surface area contributed by atoms with Crippen LogP contribution in [-0.2, 0) is 4.79 Å². The Hall–Kier alpha value is -3.48. The number of ketones is 1. The van der Waals surface area contributed by atoms with E-state index in [9.17, 15) is 14.0 Å². The van der Waals surface area contributed by atoms with Crippen molar-refractivity contribution >= 4 is 28.3 Å². The van der Waals surface area contributed by atoms with Crippen LogP contribution >= 0.6 is 0 Å². The number of ether oxygens (including phenoxy) is 1. The van der Waals surface area contributed by atoms with Crippen molar-refractivity contribution in [1.82, 2.24) is 4.98 Å². The molecule has 1 saturated heterocycles. The topological polar surface area (TPSA) is 85.5 Å². The van der Waals surface area contributed by atoms with Gasteiger partial charge in [-0.2, -0.15) is 0 Å². The molecule has 1 fully saturated rings. The molecule has 0 radical (unpaired) electrons. The van der Waals surface area contributed by atoms with Gasteiger partial charge in [-0.15, -0.1) is 0 Å². The van der Waals surface area contributed by atoms with Crippen LogP contribution in [0.25, 0.3) is 10.9 Å². The van der Waals surface area contributed by atoms with E-state index in [1.807, 2.05) is 11.8 Å². The van der Waals surface area contributed by atoms with Crippen molar-refractivity contribution in [2.24, 2.45) is 11.7 Å². The number of nitrogens with two attached hydrogens (primary N) is 1. The van der Waals surface area contributed by atoms with Crippen molar-refractivity contribution < 1.29 is 18.7 Å². The molecule has 3 aromatic rings. The minimum absolute atomic E-state index is 0.189. The molecule has 7 heteroatoms. The number of benzene rings is 2. The largest absolute Gasteiger partial charge is 0.494 e. The molecule has 0 aliphatic carbocycles. The number of anilines is 1. The zero-order valence-corrected chi connectivity index (χ0v) is 17.3. The fraction of sp³-hybridized carbons (Fsp3) is 0.292. The molecule has 0 spiro atoms. The molecule has 31 heavy (non-hydrogen) atoms. The third kappa shape index (κ3) is 4.21. The smallest absolute Gasteiger partial charge is 0.220 e. The van der Waals surface area contributed by atoms with Crippen molar-refractivity contribution in [2.45, 2.75) is 19.8 Å². The van der Waals surface area contributed by atoms with Gasteiger partial charge in [0.2, 0.25) is 5.91 Å². The Morgan fingerprint density at radius 1 is 1.16 bits per heavy atom.